The van der Waals surface area contributed by atoms with Gasteiger partial charge in [-0.3, -0.25) is 0 Å². The van der Waals surface area contributed by atoms with Crippen LogP contribution < -0.4 is 4.13 Å². The topological polar surface area (TPSA) is 98.1 Å². The zero-order valence-corrected chi connectivity index (χ0v) is 17.8. The van der Waals surface area contributed by atoms with E-state index in [1.807, 2.05) is 18.7 Å². The summed E-state index contributed by atoms with van der Waals surface area (Å²) in [5, 5.41) is 0. The molecule has 0 radical (unpaired) electrons. The molecule has 0 bridgehead atoms. The van der Waals surface area contributed by atoms with Crippen LogP contribution in [0.25, 0.3) is 0 Å². The van der Waals surface area contributed by atoms with E-state index in [9.17, 15) is 43.2 Å². The van der Waals surface area contributed by atoms with Gasteiger partial charge in [-0.05, 0) is 6.42 Å². The SMILES string of the molecule is CCCCCCCCCCn1ccnc1.O=S(=O)(NS(=O)(=O)C(F)(F)F)C(F)(F)F. The molecule has 15 heteroatoms. The van der Waals surface area contributed by atoms with Crippen molar-refractivity contribution in [2.75, 3.05) is 0 Å². The molecule has 1 aromatic heterocycles. The summed E-state index contributed by atoms with van der Waals surface area (Å²) < 4.78 is 110. The molecule has 0 amide bonds. The Hall–Kier alpha value is -1.35. The Kier molecular flexibility index (Phi) is 11.9. The number of nitrogens with one attached hydrogen (secondary N) is 1. The molecule has 30 heavy (non-hydrogen) atoms. The summed E-state index contributed by atoms with van der Waals surface area (Å²) in [4.78, 5) is 4.03. The van der Waals surface area contributed by atoms with Gasteiger partial charge in [0.25, 0.3) is 0 Å². The maximum atomic E-state index is 11.5. The molecule has 0 saturated heterocycles. The predicted octanol–water partition coefficient (Wildman–Crippen LogP) is 4.30. The van der Waals surface area contributed by atoms with E-state index in [0.717, 1.165) is 6.54 Å². The lowest BCUT2D eigenvalue weighted by Gasteiger charge is -2.11. The van der Waals surface area contributed by atoms with Crippen molar-refractivity contribution in [3.63, 3.8) is 0 Å². The summed E-state index contributed by atoms with van der Waals surface area (Å²) in [6.45, 7) is 3.40. The lowest BCUT2D eigenvalue weighted by molar-refractivity contribution is -0.0476. The van der Waals surface area contributed by atoms with Crippen LogP contribution in [0.5, 0.6) is 0 Å². The predicted molar refractivity (Wildman–Crippen MR) is 97.9 cm³/mol. The van der Waals surface area contributed by atoms with Gasteiger partial charge in [0.15, 0.2) is 0 Å². The molecular formula is C15H25F6N3O4S2. The van der Waals surface area contributed by atoms with Crippen molar-refractivity contribution in [1.29, 1.82) is 0 Å². The largest absolute Gasteiger partial charge is 0.512 e. The number of aryl methyl sites for hydroxylation is 1. The Morgan fingerprint density at radius 3 is 1.60 bits per heavy atom. The molecule has 1 N–H and O–H groups in total. The number of imidazole rings is 1. The number of rotatable bonds is 11. The van der Waals surface area contributed by atoms with E-state index in [0.29, 0.717) is 0 Å². The van der Waals surface area contributed by atoms with Gasteiger partial charge in [-0.25, -0.2) is 21.8 Å². The molecule has 1 aromatic rings. The molecule has 0 aromatic carbocycles. The van der Waals surface area contributed by atoms with Crippen molar-refractivity contribution in [3.05, 3.63) is 18.7 Å². The first-order chi connectivity index (χ1) is 13.6. The maximum Gasteiger partial charge on any atom is 0.512 e. The number of nitrogens with zero attached hydrogens (tertiary/aromatic N) is 2. The zero-order valence-electron chi connectivity index (χ0n) is 16.2. The first kappa shape index (κ1) is 28.6. The molecule has 178 valence electrons. The van der Waals surface area contributed by atoms with Crippen LogP contribution in [0.2, 0.25) is 0 Å². The van der Waals surface area contributed by atoms with E-state index in [1.165, 1.54) is 51.4 Å². The second-order valence-electron chi connectivity index (χ2n) is 6.26. The summed E-state index contributed by atoms with van der Waals surface area (Å²) in [5.74, 6) is 0. The fraction of sp³-hybridized carbons (Fsp3) is 0.800. The molecule has 1 rings (SSSR count). The van der Waals surface area contributed by atoms with E-state index >= 15 is 0 Å². The molecule has 0 fully saturated rings. The molecule has 1 heterocycles. The molecule has 0 aliphatic heterocycles. The second-order valence-corrected chi connectivity index (χ2v) is 9.86. The van der Waals surface area contributed by atoms with Crippen molar-refractivity contribution < 1.29 is 43.2 Å². The Morgan fingerprint density at radius 1 is 0.800 bits per heavy atom. The van der Waals surface area contributed by atoms with Crippen molar-refractivity contribution in [1.82, 2.24) is 13.7 Å². The van der Waals surface area contributed by atoms with Crippen LogP contribution in [-0.2, 0) is 26.6 Å². The average Bonchev–Trinajstić information content (AvgIpc) is 3.08. The third-order valence-corrected chi connectivity index (χ3v) is 6.63. The number of alkyl halides is 6. The van der Waals surface area contributed by atoms with Crippen molar-refractivity contribution in [2.45, 2.75) is 75.9 Å². The minimum atomic E-state index is -6.60. The van der Waals surface area contributed by atoms with Crippen molar-refractivity contribution in [2.24, 2.45) is 0 Å². The van der Waals surface area contributed by atoms with Gasteiger partial charge in [0.2, 0.25) is 0 Å². The zero-order chi connectivity index (χ0) is 23.5. The number of hydrogen-bond acceptors (Lipinski definition) is 5. The molecule has 0 saturated carbocycles. The van der Waals surface area contributed by atoms with Gasteiger partial charge in [-0.2, -0.15) is 26.3 Å². The van der Waals surface area contributed by atoms with Crippen LogP contribution in [0.4, 0.5) is 26.3 Å². The Labute approximate surface area is 172 Å². The van der Waals surface area contributed by atoms with Gasteiger partial charge in [0.1, 0.15) is 0 Å². The number of halogens is 6. The fourth-order valence-electron chi connectivity index (χ4n) is 2.09. The minimum absolute atomic E-state index is 0.493. The van der Waals surface area contributed by atoms with Gasteiger partial charge in [0, 0.05) is 18.9 Å². The number of sulfonamides is 2. The number of hydrogen-bond donors (Lipinski definition) is 1. The highest BCUT2D eigenvalue weighted by atomic mass is 32.3. The van der Waals surface area contributed by atoms with Crippen LogP contribution in [0, 0.1) is 0 Å². The lowest BCUT2D eigenvalue weighted by atomic mass is 10.1. The Bertz CT molecular complexity index is 749. The Balaban J connectivity index is 0.000000561. The lowest BCUT2D eigenvalue weighted by Crippen LogP contribution is -2.45. The highest BCUT2D eigenvalue weighted by molar-refractivity contribution is 8.05. The van der Waals surface area contributed by atoms with Gasteiger partial charge in [-0.1, -0.05) is 56.0 Å². The van der Waals surface area contributed by atoms with Gasteiger partial charge in [0.05, 0.1) is 6.33 Å². The van der Waals surface area contributed by atoms with E-state index in [1.54, 1.807) is 0 Å². The van der Waals surface area contributed by atoms with Crippen LogP contribution in [0.3, 0.4) is 0 Å². The van der Waals surface area contributed by atoms with E-state index in [4.69, 9.17) is 0 Å². The number of unbranched alkanes of at least 4 members (excludes halogenated alkanes) is 7. The molecule has 0 unspecified atom stereocenters. The third-order valence-electron chi connectivity index (χ3n) is 3.66. The first-order valence-corrected chi connectivity index (χ1v) is 12.0. The number of aromatic nitrogens is 2. The summed E-state index contributed by atoms with van der Waals surface area (Å²) >= 11 is 0. The quantitative estimate of drug-likeness (QED) is 0.369. The van der Waals surface area contributed by atoms with E-state index < -0.39 is 35.2 Å². The van der Waals surface area contributed by atoms with Crippen molar-refractivity contribution in [3.8, 4) is 0 Å². The monoisotopic (exact) mass is 489 g/mol. The summed E-state index contributed by atoms with van der Waals surface area (Å²) in [6, 6.07) is 0. The summed E-state index contributed by atoms with van der Waals surface area (Å²) in [6.07, 6.45) is 16.9. The highest BCUT2D eigenvalue weighted by Crippen LogP contribution is 2.27. The van der Waals surface area contributed by atoms with Crippen molar-refractivity contribution >= 4 is 20.0 Å². The molecule has 0 atom stereocenters. The third kappa shape index (κ3) is 11.2. The van der Waals surface area contributed by atoms with Gasteiger partial charge < -0.3 is 4.57 Å². The second kappa shape index (κ2) is 12.5. The standard InChI is InChI=1S/C13H24N2.C2HF6NO4S2/c1-2-3-4-5-6-7-8-9-11-15-12-10-14-13-15;3-1(4,5)14(10,11)9-15(12,13)2(6,7)8/h10,12-13H,2-9,11H2,1H3;9H. The van der Waals surface area contributed by atoms with Gasteiger partial charge >= 0.3 is 31.1 Å². The maximum absolute atomic E-state index is 11.5. The smallest absolute Gasteiger partial charge is 0.337 e. The van der Waals surface area contributed by atoms with Crippen LogP contribution in [-0.4, -0.2) is 37.4 Å². The fourth-order valence-corrected chi connectivity index (χ4v) is 4.00. The summed E-state index contributed by atoms with van der Waals surface area (Å²) in [5.41, 5.74) is -12.3. The molecule has 0 aliphatic rings. The normalized spacial score (nSPS) is 13.0. The minimum Gasteiger partial charge on any atom is -0.337 e. The summed E-state index contributed by atoms with van der Waals surface area (Å²) in [7, 11) is -13.2. The molecular weight excluding hydrogens is 464 g/mol. The van der Waals surface area contributed by atoms with Crippen LogP contribution in [0.1, 0.15) is 58.3 Å². The molecule has 7 nitrogen and oxygen atoms in total. The molecule has 0 spiro atoms. The Morgan fingerprint density at radius 2 is 1.23 bits per heavy atom. The molecule has 0 aliphatic carbocycles. The van der Waals surface area contributed by atoms with E-state index in [2.05, 4.69) is 16.5 Å². The van der Waals surface area contributed by atoms with Gasteiger partial charge in [-0.15, -0.1) is 0 Å². The van der Waals surface area contributed by atoms with Crippen LogP contribution in [0.15, 0.2) is 18.7 Å². The first-order valence-electron chi connectivity index (χ1n) is 9.01. The van der Waals surface area contributed by atoms with E-state index in [-0.39, 0.29) is 0 Å². The van der Waals surface area contributed by atoms with Crippen LogP contribution >= 0.6 is 0 Å². The average molecular weight is 490 g/mol. The highest BCUT2D eigenvalue weighted by Gasteiger charge is 2.55.